The van der Waals surface area contributed by atoms with Crippen LogP contribution in [0.2, 0.25) is 0 Å². The fourth-order valence-corrected chi connectivity index (χ4v) is 6.13. The molecular formula is C21H31N4O6PS. The Balaban J connectivity index is 2.01. The van der Waals surface area contributed by atoms with E-state index in [-0.39, 0.29) is 45.9 Å². The van der Waals surface area contributed by atoms with Crippen molar-refractivity contribution in [2.45, 2.75) is 34.1 Å². The molecule has 12 heteroatoms. The number of nitrogens with one attached hydrogen (secondary N) is 2. The molecule has 0 saturated heterocycles. The Hall–Kier alpha value is -2.46. The van der Waals surface area contributed by atoms with Gasteiger partial charge in [-0.3, -0.25) is 0 Å². The van der Waals surface area contributed by atoms with Crippen LogP contribution in [0.25, 0.3) is 0 Å². The summed E-state index contributed by atoms with van der Waals surface area (Å²) in [6, 6.07) is 4.51. The van der Waals surface area contributed by atoms with Crippen molar-refractivity contribution >= 4 is 46.3 Å². The first kappa shape index (κ1) is 25.2. The first-order valence-corrected chi connectivity index (χ1v) is 14.1. The van der Waals surface area contributed by atoms with Crippen molar-refractivity contribution in [3.05, 3.63) is 41.8 Å². The minimum atomic E-state index is -4.00. The zero-order valence-electron chi connectivity index (χ0n) is 19.4. The molecule has 4 N–H and O–H groups in total. The molecular weight excluding hydrogens is 467 g/mol. The molecule has 0 fully saturated rings. The summed E-state index contributed by atoms with van der Waals surface area (Å²) < 4.78 is 35.5. The Bertz CT molecular complexity index is 1170. The number of carbonyl (C=O) groups is 1. The van der Waals surface area contributed by atoms with Gasteiger partial charge in [0.05, 0.1) is 0 Å². The third kappa shape index (κ3) is 5.38. The van der Waals surface area contributed by atoms with Gasteiger partial charge in [0.2, 0.25) is 0 Å². The van der Waals surface area contributed by atoms with Gasteiger partial charge < -0.3 is 0 Å². The predicted molar refractivity (Wildman–Crippen MR) is 132 cm³/mol. The van der Waals surface area contributed by atoms with Crippen molar-refractivity contribution in [3.8, 4) is 0 Å². The van der Waals surface area contributed by atoms with Crippen LogP contribution in [-0.2, 0) is 19.3 Å². The molecule has 0 aliphatic carbocycles. The number of fused-ring (bicyclic) bond motifs is 1. The summed E-state index contributed by atoms with van der Waals surface area (Å²) >= 11 is 0. The molecule has 1 aromatic carbocycles. The number of sulfonamides is 1. The minimum absolute atomic E-state index is 0.0177. The summed E-state index contributed by atoms with van der Waals surface area (Å²) in [5.41, 5.74) is 0.683. The number of rotatable bonds is 7. The number of amidine groups is 1. The van der Waals surface area contributed by atoms with Crippen molar-refractivity contribution in [3.63, 3.8) is 0 Å². The molecule has 10 nitrogen and oxygen atoms in total. The van der Waals surface area contributed by atoms with Gasteiger partial charge in [0.1, 0.15) is 0 Å². The van der Waals surface area contributed by atoms with Gasteiger partial charge in [-0.05, 0) is 0 Å². The molecule has 1 aromatic rings. The zero-order valence-corrected chi connectivity index (χ0v) is 21.2. The van der Waals surface area contributed by atoms with Crippen molar-refractivity contribution in [2.75, 3.05) is 29.4 Å². The van der Waals surface area contributed by atoms with E-state index in [1.165, 1.54) is 17.0 Å². The van der Waals surface area contributed by atoms with Crippen LogP contribution in [-0.4, -0.2) is 54.5 Å². The van der Waals surface area contributed by atoms with Crippen molar-refractivity contribution in [1.82, 2.24) is 4.90 Å². The van der Waals surface area contributed by atoms with Crippen molar-refractivity contribution in [2.24, 2.45) is 10.2 Å². The summed E-state index contributed by atoms with van der Waals surface area (Å²) in [4.78, 5) is 25.9. The average Bonchev–Trinajstić information content (AvgIpc) is 2.87. The fourth-order valence-electron chi connectivity index (χ4n) is 3.53. The van der Waals surface area contributed by atoms with E-state index in [2.05, 4.69) is 42.2 Å². The summed E-state index contributed by atoms with van der Waals surface area (Å²) in [6.45, 7) is 12.2. The van der Waals surface area contributed by atoms with Gasteiger partial charge in [0, 0.05) is 0 Å². The molecule has 2 heterocycles. The molecule has 2 aliphatic rings. The van der Waals surface area contributed by atoms with Gasteiger partial charge in [-0.15, -0.1) is 0 Å². The number of nitrogens with zero attached hydrogens (tertiary/aromatic N) is 2. The van der Waals surface area contributed by atoms with Crippen LogP contribution in [0, 0.1) is 5.41 Å². The van der Waals surface area contributed by atoms with E-state index in [1.807, 2.05) is 0 Å². The first-order chi connectivity index (χ1) is 15.1. The summed E-state index contributed by atoms with van der Waals surface area (Å²) in [5.74, 6) is -0.803. The van der Waals surface area contributed by atoms with E-state index in [1.54, 1.807) is 13.0 Å². The number of benzene rings is 1. The van der Waals surface area contributed by atoms with Crippen LogP contribution >= 0.6 is 7.87 Å². The van der Waals surface area contributed by atoms with Gasteiger partial charge in [-0.2, -0.15) is 0 Å². The molecule has 2 aliphatic heterocycles. The number of amides is 1. The van der Waals surface area contributed by atoms with E-state index in [4.69, 9.17) is 4.52 Å². The van der Waals surface area contributed by atoms with Crippen molar-refractivity contribution in [1.29, 1.82) is 0 Å². The third-order valence-corrected chi connectivity index (χ3v) is 8.09. The van der Waals surface area contributed by atoms with Gasteiger partial charge in [0.15, 0.2) is 0 Å². The predicted octanol–water partition coefficient (Wildman–Crippen LogP) is 2.64. The molecule has 0 bridgehead atoms. The normalized spacial score (nSPS) is 19.2. The summed E-state index contributed by atoms with van der Waals surface area (Å²) in [5, 5.41) is 14.0. The number of hydrogen-bond acceptors (Lipinski definition) is 8. The van der Waals surface area contributed by atoms with E-state index < -0.39 is 23.8 Å². The molecule has 33 heavy (non-hydrogen) atoms. The van der Waals surface area contributed by atoms with Gasteiger partial charge in [-0.25, -0.2) is 0 Å². The quantitative estimate of drug-likeness (QED) is 0.424. The maximum atomic E-state index is 13.2. The molecule has 182 valence electrons. The summed E-state index contributed by atoms with van der Waals surface area (Å²) in [7, 11) is -7.54. The second-order valence-corrected chi connectivity index (χ2v) is 13.2. The van der Waals surface area contributed by atoms with Gasteiger partial charge in [0.25, 0.3) is 0 Å². The Labute approximate surface area is 194 Å². The zero-order chi connectivity index (χ0) is 24.8. The molecule has 3 rings (SSSR count). The Morgan fingerprint density at radius 2 is 2.00 bits per heavy atom. The van der Waals surface area contributed by atoms with Crippen LogP contribution < -0.4 is 15.3 Å². The van der Waals surface area contributed by atoms with E-state index >= 15 is 0 Å². The number of carbonyl (C=O) groups excluding carboxylic acids is 1. The van der Waals surface area contributed by atoms with Crippen molar-refractivity contribution < 1.29 is 27.7 Å². The second kappa shape index (κ2) is 8.72. The maximum absolute atomic E-state index is 13.2. The molecule has 0 unspecified atom stereocenters. The van der Waals surface area contributed by atoms with Crippen LogP contribution in [0.15, 0.2) is 46.6 Å². The van der Waals surface area contributed by atoms with Crippen LogP contribution in [0.1, 0.15) is 34.1 Å². The van der Waals surface area contributed by atoms with E-state index in [0.717, 1.165) is 6.26 Å². The van der Waals surface area contributed by atoms with Crippen LogP contribution in [0.5, 0.6) is 0 Å². The number of aliphatic hydroxyl groups excluding tert-OH is 1. The van der Waals surface area contributed by atoms with Crippen LogP contribution in [0.3, 0.4) is 0 Å². The third-order valence-electron chi connectivity index (χ3n) is 5.15. The van der Waals surface area contributed by atoms with E-state index in [0.29, 0.717) is 18.7 Å². The SMILES string of the molecule is C=C1C(O)=C(C2=N[PH](O)(OCC)c3cc(NS(C)(=O)=O)ccc3N2)C(=O)N1CCC(C)(C)C. The summed E-state index contributed by atoms with van der Waals surface area (Å²) in [6.07, 6.45) is 1.71. The molecule has 1 amide bonds. The number of anilines is 2. The topological polar surface area (TPSA) is 141 Å². The molecule has 0 aromatic heterocycles. The fraction of sp³-hybridized carbons (Fsp3) is 0.429. The number of aliphatic hydroxyl groups is 1. The molecule has 0 atom stereocenters. The Morgan fingerprint density at radius 1 is 1.33 bits per heavy atom. The second-order valence-electron chi connectivity index (χ2n) is 9.20. The number of hydrogen-bond donors (Lipinski definition) is 4. The average molecular weight is 499 g/mol. The van der Waals surface area contributed by atoms with E-state index in [9.17, 15) is 23.2 Å². The Kier molecular flexibility index (Phi) is 6.65. The Morgan fingerprint density at radius 3 is 2.58 bits per heavy atom. The molecule has 0 saturated carbocycles. The first-order valence-electron chi connectivity index (χ1n) is 10.5. The molecule has 0 spiro atoms. The van der Waals surface area contributed by atoms with Gasteiger partial charge in [-0.1, -0.05) is 0 Å². The van der Waals surface area contributed by atoms with Crippen LogP contribution in [0.4, 0.5) is 11.4 Å². The standard InChI is InChI=1S/C21H31N4O6PS/c1-7-31-32(28)16-12-14(24-33(6,29)30)8-9-15(16)22-19(23-32)17-18(26)13(2)25(20(17)27)11-10-21(3,4)5/h8-9,12,24,26,28,32H,2,7,10-11H2,1,3-6H3,(H,22,23). The monoisotopic (exact) mass is 498 g/mol. The molecule has 0 radical (unpaired) electrons. The van der Waals surface area contributed by atoms with Gasteiger partial charge >= 0.3 is 194 Å².